The van der Waals surface area contributed by atoms with E-state index in [4.69, 9.17) is 10.2 Å². The average Bonchev–Trinajstić information content (AvgIpc) is 3.11. The first-order chi connectivity index (χ1) is 15.3. The van der Waals surface area contributed by atoms with Crippen molar-refractivity contribution in [1.29, 1.82) is 0 Å². The summed E-state index contributed by atoms with van der Waals surface area (Å²) in [5.41, 5.74) is 0.446. The van der Waals surface area contributed by atoms with Crippen LogP contribution in [0.3, 0.4) is 0 Å². The van der Waals surface area contributed by atoms with Gasteiger partial charge < -0.3 is 10.2 Å². The van der Waals surface area contributed by atoms with Gasteiger partial charge in [-0.1, -0.05) is 27.2 Å². The summed E-state index contributed by atoms with van der Waals surface area (Å²) in [5.74, 6) is 4.58. The summed E-state index contributed by atoms with van der Waals surface area (Å²) in [5, 5.41) is 19.5. The van der Waals surface area contributed by atoms with Crippen molar-refractivity contribution in [2.24, 2.45) is 46.3 Å². The van der Waals surface area contributed by atoms with Gasteiger partial charge in [-0.3, -0.25) is 14.9 Å². The number of hydrogen-bond donors (Lipinski definition) is 3. The fourth-order valence-corrected chi connectivity index (χ4v) is 8.51. The van der Waals surface area contributed by atoms with Gasteiger partial charge in [-0.05, 0) is 113 Å². The number of ketones is 1. The van der Waals surface area contributed by atoms with Gasteiger partial charge in [0.25, 0.3) is 0 Å². The lowest BCUT2D eigenvalue weighted by molar-refractivity contribution is -0.136. The molecule has 0 saturated heterocycles. The summed E-state index contributed by atoms with van der Waals surface area (Å²) in [4.78, 5) is 22.2. The van der Waals surface area contributed by atoms with Crippen molar-refractivity contribution in [3.63, 3.8) is 0 Å². The highest BCUT2D eigenvalue weighted by atomic mass is 16.4. The predicted molar refractivity (Wildman–Crippen MR) is 132 cm³/mol. The molecular formula is C28H49NO4. The van der Waals surface area contributed by atoms with Gasteiger partial charge in [-0.25, -0.2) is 0 Å². The molecule has 3 N–H and O–H groups in total. The van der Waals surface area contributed by atoms with Crippen molar-refractivity contribution in [3.8, 4) is 0 Å². The Hall–Kier alpha value is -0.940. The summed E-state index contributed by atoms with van der Waals surface area (Å²) in [7, 11) is 0. The number of carbonyl (C=O) groups is 2. The van der Waals surface area contributed by atoms with Gasteiger partial charge in [0.15, 0.2) is 0 Å². The molecule has 4 fully saturated rings. The number of fused-ring (bicyclic) bond motifs is 5. The second kappa shape index (κ2) is 9.97. The molecule has 0 aliphatic heterocycles. The van der Waals surface area contributed by atoms with Crippen molar-refractivity contribution >= 4 is 11.8 Å². The van der Waals surface area contributed by atoms with Crippen molar-refractivity contribution in [2.75, 3.05) is 13.2 Å². The molecule has 8 atom stereocenters. The zero-order valence-electron chi connectivity index (χ0n) is 22.0. The van der Waals surface area contributed by atoms with Crippen LogP contribution in [0.4, 0.5) is 0 Å². The number of nitrogens with one attached hydrogen (secondary N) is 1. The maximum absolute atomic E-state index is 12.2. The number of carbonyl (C=O) groups excluding carboxylic acids is 1. The molecule has 4 aliphatic carbocycles. The van der Waals surface area contributed by atoms with Crippen LogP contribution in [0.5, 0.6) is 0 Å². The number of hydrogen-bond acceptors (Lipinski definition) is 4. The van der Waals surface area contributed by atoms with Crippen molar-refractivity contribution in [3.05, 3.63) is 0 Å². The Morgan fingerprint density at radius 1 is 0.970 bits per heavy atom. The molecule has 0 bridgehead atoms. The molecule has 0 amide bonds. The fourth-order valence-electron chi connectivity index (χ4n) is 8.51. The molecule has 0 aromatic carbocycles. The van der Waals surface area contributed by atoms with E-state index in [0.717, 1.165) is 29.6 Å². The zero-order chi connectivity index (χ0) is 24.6. The summed E-state index contributed by atoms with van der Waals surface area (Å²) in [6.07, 6.45) is 12.6. The Labute approximate surface area is 201 Å². The van der Waals surface area contributed by atoms with Crippen molar-refractivity contribution in [2.45, 2.75) is 105 Å². The van der Waals surface area contributed by atoms with Crippen LogP contribution in [-0.2, 0) is 9.59 Å². The van der Waals surface area contributed by atoms with Gasteiger partial charge in [0.2, 0.25) is 0 Å². The Kier molecular flexibility index (Phi) is 8.05. The number of aliphatic carboxylic acids is 1. The van der Waals surface area contributed by atoms with Crippen LogP contribution in [0.15, 0.2) is 0 Å². The Balaban J connectivity index is 0.000000262. The quantitative estimate of drug-likeness (QED) is 0.515. The van der Waals surface area contributed by atoms with Gasteiger partial charge in [-0.2, -0.15) is 0 Å². The zero-order valence-corrected chi connectivity index (χ0v) is 22.0. The molecule has 4 aliphatic rings. The molecule has 0 aromatic heterocycles. The van der Waals surface area contributed by atoms with E-state index in [9.17, 15) is 9.59 Å². The molecule has 5 heteroatoms. The van der Waals surface area contributed by atoms with Gasteiger partial charge in [0.05, 0.1) is 13.2 Å². The number of carboxylic acids is 1. The van der Waals surface area contributed by atoms with Crippen LogP contribution in [0.1, 0.15) is 99.3 Å². The summed E-state index contributed by atoms with van der Waals surface area (Å²) in [6, 6.07) is 0. The molecule has 4 saturated carbocycles. The minimum Gasteiger partial charge on any atom is -0.480 e. The summed E-state index contributed by atoms with van der Waals surface area (Å²) in [6.45, 7) is 12.7. The summed E-state index contributed by atoms with van der Waals surface area (Å²) < 4.78 is 0. The number of aliphatic hydroxyl groups excluding tert-OH is 1. The standard InChI is InChI=1S/C22H36O.C6H13NO3/c1-14-9-11-21(3)16(13-14)5-6-17-19-8-7-18(15(2)23)22(19,4)12-10-20(17)21;1-6(2,4-8)7-3-5(9)10/h14,16-20H,5-13H2,1-4H3;7-8H,3-4H2,1-2H3,(H,9,10). The average molecular weight is 464 g/mol. The molecule has 8 unspecified atom stereocenters. The summed E-state index contributed by atoms with van der Waals surface area (Å²) >= 11 is 0. The predicted octanol–water partition coefficient (Wildman–Crippen LogP) is 5.30. The Morgan fingerprint density at radius 2 is 1.61 bits per heavy atom. The van der Waals surface area contributed by atoms with Crippen LogP contribution in [-0.4, -0.2) is 40.7 Å². The third-order valence-electron chi connectivity index (χ3n) is 10.5. The van der Waals surface area contributed by atoms with Crippen LogP contribution in [0.2, 0.25) is 0 Å². The highest BCUT2D eigenvalue weighted by molar-refractivity contribution is 5.79. The molecule has 190 valence electrons. The van der Waals surface area contributed by atoms with Crippen molar-refractivity contribution in [1.82, 2.24) is 5.32 Å². The highest BCUT2D eigenvalue weighted by Crippen LogP contribution is 2.67. The van der Waals surface area contributed by atoms with E-state index in [1.54, 1.807) is 13.8 Å². The third-order valence-corrected chi connectivity index (χ3v) is 10.5. The monoisotopic (exact) mass is 463 g/mol. The van der Waals surface area contributed by atoms with E-state index in [0.29, 0.717) is 22.5 Å². The maximum Gasteiger partial charge on any atom is 0.317 e. The third kappa shape index (κ3) is 5.34. The van der Waals surface area contributed by atoms with Crippen LogP contribution in [0, 0.1) is 46.3 Å². The van der Waals surface area contributed by atoms with Gasteiger partial charge in [-0.15, -0.1) is 0 Å². The number of aliphatic hydroxyl groups is 1. The Morgan fingerprint density at radius 3 is 2.21 bits per heavy atom. The first kappa shape index (κ1) is 26.7. The van der Waals surface area contributed by atoms with Gasteiger partial charge in [0.1, 0.15) is 5.78 Å². The SMILES string of the molecule is CC(=O)C1CCC2C3CCC4CC(C)CCC4(C)C3CCC12C.CC(C)(CO)NCC(=O)O. The Bertz CT molecular complexity index is 721. The normalized spacial score (nSPS) is 42.3. The molecule has 0 heterocycles. The van der Waals surface area contributed by atoms with Crippen molar-refractivity contribution < 1.29 is 19.8 Å². The van der Waals surface area contributed by atoms with Gasteiger partial charge >= 0.3 is 5.97 Å². The number of Topliss-reactive ketones (excluding diaryl/α,β-unsaturated/α-hetero) is 1. The fraction of sp³-hybridized carbons (Fsp3) is 0.929. The van der Waals surface area contributed by atoms with Crippen LogP contribution in [0.25, 0.3) is 0 Å². The lowest BCUT2D eigenvalue weighted by Crippen LogP contribution is -2.53. The molecule has 33 heavy (non-hydrogen) atoms. The van der Waals surface area contributed by atoms with E-state index in [2.05, 4.69) is 26.1 Å². The molecule has 0 aromatic rings. The van der Waals surface area contributed by atoms with E-state index in [-0.39, 0.29) is 13.2 Å². The van der Waals surface area contributed by atoms with Crippen LogP contribution >= 0.6 is 0 Å². The number of rotatable bonds is 5. The molecule has 5 nitrogen and oxygen atoms in total. The topological polar surface area (TPSA) is 86.6 Å². The minimum atomic E-state index is -0.915. The smallest absolute Gasteiger partial charge is 0.317 e. The van der Waals surface area contributed by atoms with E-state index >= 15 is 0 Å². The van der Waals surface area contributed by atoms with E-state index in [1.807, 2.05) is 6.92 Å². The van der Waals surface area contributed by atoms with E-state index < -0.39 is 11.5 Å². The molecular weight excluding hydrogens is 414 g/mol. The first-order valence-corrected chi connectivity index (χ1v) is 13.4. The second-order valence-corrected chi connectivity index (χ2v) is 13.1. The lowest BCUT2D eigenvalue weighted by atomic mass is 9.44. The lowest BCUT2D eigenvalue weighted by Gasteiger charge is -2.61. The van der Waals surface area contributed by atoms with Crippen LogP contribution < -0.4 is 5.32 Å². The van der Waals surface area contributed by atoms with E-state index in [1.165, 1.54) is 57.8 Å². The first-order valence-electron chi connectivity index (χ1n) is 13.4. The molecule has 0 radical (unpaired) electrons. The largest absolute Gasteiger partial charge is 0.480 e. The molecule has 4 rings (SSSR count). The second-order valence-electron chi connectivity index (χ2n) is 13.1. The molecule has 0 spiro atoms. The highest BCUT2D eigenvalue weighted by Gasteiger charge is 2.60. The maximum atomic E-state index is 12.2. The minimum absolute atomic E-state index is 0.0692. The van der Waals surface area contributed by atoms with Gasteiger partial charge in [0, 0.05) is 11.5 Å². The number of carboxylic acid groups (broad SMARTS) is 1.